The standard InChI is InChI=1S/C9H6F6N2O/c10-8(11,12)6(9(13,14)15)7(18)17-5-2-1-3-16-4-5/h1-4,6H,(H,17,18). The molecule has 1 N–H and O–H groups in total. The van der Waals surface area contributed by atoms with Crippen molar-refractivity contribution in [3.05, 3.63) is 24.5 Å². The molecule has 0 aliphatic carbocycles. The molecule has 0 fully saturated rings. The number of hydrogen-bond donors (Lipinski definition) is 1. The summed E-state index contributed by atoms with van der Waals surface area (Å²) in [7, 11) is 0. The third-order valence-electron chi connectivity index (χ3n) is 1.85. The number of carbonyl (C=O) groups is 1. The molecule has 1 rings (SSSR count). The van der Waals surface area contributed by atoms with Gasteiger partial charge in [0.15, 0.2) is 0 Å². The minimum atomic E-state index is -5.70. The lowest BCUT2D eigenvalue weighted by Crippen LogP contribution is -2.45. The molecule has 0 saturated carbocycles. The van der Waals surface area contributed by atoms with E-state index in [0.717, 1.165) is 12.3 Å². The summed E-state index contributed by atoms with van der Waals surface area (Å²) in [6.07, 6.45) is -9.22. The summed E-state index contributed by atoms with van der Waals surface area (Å²) in [5.74, 6) is -6.26. The van der Waals surface area contributed by atoms with Crippen LogP contribution in [-0.2, 0) is 4.79 Å². The molecule has 0 aliphatic heterocycles. The Morgan fingerprint density at radius 2 is 1.72 bits per heavy atom. The van der Waals surface area contributed by atoms with Gasteiger partial charge in [-0.2, -0.15) is 26.3 Å². The number of halogens is 6. The predicted octanol–water partition coefficient (Wildman–Crippen LogP) is 2.76. The maximum Gasteiger partial charge on any atom is 0.409 e. The van der Waals surface area contributed by atoms with E-state index >= 15 is 0 Å². The van der Waals surface area contributed by atoms with E-state index in [4.69, 9.17) is 0 Å². The van der Waals surface area contributed by atoms with Crippen molar-refractivity contribution in [1.29, 1.82) is 0 Å². The maximum absolute atomic E-state index is 12.2. The van der Waals surface area contributed by atoms with E-state index < -0.39 is 24.2 Å². The first-order valence-corrected chi connectivity index (χ1v) is 4.46. The van der Waals surface area contributed by atoms with Crippen molar-refractivity contribution in [1.82, 2.24) is 4.98 Å². The summed E-state index contributed by atoms with van der Waals surface area (Å²) in [4.78, 5) is 14.5. The quantitative estimate of drug-likeness (QED) is 0.841. The van der Waals surface area contributed by atoms with Crippen molar-refractivity contribution in [3.63, 3.8) is 0 Å². The summed E-state index contributed by atoms with van der Waals surface area (Å²) in [6, 6.07) is 2.38. The van der Waals surface area contributed by atoms with E-state index in [-0.39, 0.29) is 5.69 Å². The first-order valence-electron chi connectivity index (χ1n) is 4.46. The van der Waals surface area contributed by atoms with Crippen LogP contribution < -0.4 is 5.32 Å². The van der Waals surface area contributed by atoms with Crippen LogP contribution in [0.25, 0.3) is 0 Å². The number of hydrogen-bond acceptors (Lipinski definition) is 2. The van der Waals surface area contributed by atoms with Gasteiger partial charge in [0.2, 0.25) is 11.8 Å². The topological polar surface area (TPSA) is 42.0 Å². The van der Waals surface area contributed by atoms with Crippen molar-refractivity contribution in [3.8, 4) is 0 Å². The summed E-state index contributed by atoms with van der Waals surface area (Å²) in [5, 5.41) is 1.51. The minimum absolute atomic E-state index is 0.249. The SMILES string of the molecule is O=C(Nc1cccnc1)C(C(F)(F)F)C(F)(F)F. The van der Waals surface area contributed by atoms with Crippen LogP contribution in [0.15, 0.2) is 24.5 Å². The van der Waals surface area contributed by atoms with E-state index in [1.807, 2.05) is 0 Å². The Morgan fingerprint density at radius 1 is 1.17 bits per heavy atom. The Bertz CT molecular complexity index is 399. The number of rotatable bonds is 2. The Kier molecular flexibility index (Phi) is 3.82. The zero-order chi connectivity index (χ0) is 14.0. The monoisotopic (exact) mass is 272 g/mol. The predicted molar refractivity (Wildman–Crippen MR) is 48.5 cm³/mol. The Labute approximate surface area is 96.8 Å². The number of aromatic nitrogens is 1. The average molecular weight is 272 g/mol. The van der Waals surface area contributed by atoms with Gasteiger partial charge < -0.3 is 5.32 Å². The molecule has 18 heavy (non-hydrogen) atoms. The highest BCUT2D eigenvalue weighted by atomic mass is 19.4. The van der Waals surface area contributed by atoms with Crippen molar-refractivity contribution < 1.29 is 31.1 Å². The van der Waals surface area contributed by atoms with Gasteiger partial charge in [-0.15, -0.1) is 0 Å². The number of alkyl halides is 6. The largest absolute Gasteiger partial charge is 0.409 e. The van der Waals surface area contributed by atoms with Gasteiger partial charge in [0.05, 0.1) is 11.9 Å². The van der Waals surface area contributed by atoms with Crippen molar-refractivity contribution >= 4 is 11.6 Å². The van der Waals surface area contributed by atoms with Crippen LogP contribution in [0.2, 0.25) is 0 Å². The smallest absolute Gasteiger partial charge is 0.324 e. The van der Waals surface area contributed by atoms with Crippen LogP contribution in [0.4, 0.5) is 32.0 Å². The summed E-state index contributed by atoms with van der Waals surface area (Å²) >= 11 is 0. The Balaban J connectivity index is 2.92. The highest BCUT2D eigenvalue weighted by Gasteiger charge is 2.61. The van der Waals surface area contributed by atoms with E-state index in [1.165, 1.54) is 17.6 Å². The molecule has 1 aromatic rings. The normalized spacial score (nSPS) is 12.6. The molecule has 0 atom stereocenters. The summed E-state index contributed by atoms with van der Waals surface area (Å²) in [6.45, 7) is 0. The van der Waals surface area contributed by atoms with E-state index in [1.54, 1.807) is 0 Å². The second kappa shape index (κ2) is 4.83. The lowest BCUT2D eigenvalue weighted by Gasteiger charge is -2.21. The second-order valence-corrected chi connectivity index (χ2v) is 3.25. The van der Waals surface area contributed by atoms with Gasteiger partial charge in [-0.05, 0) is 12.1 Å². The Hall–Kier alpha value is -1.80. The summed E-state index contributed by atoms with van der Waals surface area (Å²) in [5.41, 5.74) is -0.249. The third kappa shape index (κ3) is 3.60. The van der Waals surface area contributed by atoms with Crippen LogP contribution in [-0.4, -0.2) is 23.2 Å². The fraction of sp³-hybridized carbons (Fsp3) is 0.333. The van der Waals surface area contributed by atoms with E-state index in [9.17, 15) is 31.1 Å². The molecule has 0 saturated heterocycles. The van der Waals surface area contributed by atoms with Crippen molar-refractivity contribution in [2.24, 2.45) is 5.92 Å². The zero-order valence-corrected chi connectivity index (χ0v) is 8.51. The van der Waals surface area contributed by atoms with Crippen molar-refractivity contribution in [2.75, 3.05) is 5.32 Å². The van der Waals surface area contributed by atoms with Crippen LogP contribution >= 0.6 is 0 Å². The van der Waals surface area contributed by atoms with Crippen LogP contribution in [0.5, 0.6) is 0 Å². The van der Waals surface area contributed by atoms with Crippen LogP contribution in [0.3, 0.4) is 0 Å². The fourth-order valence-electron chi connectivity index (χ4n) is 1.13. The van der Waals surface area contributed by atoms with Crippen LogP contribution in [0, 0.1) is 5.92 Å². The van der Waals surface area contributed by atoms with Gasteiger partial charge in [0, 0.05) is 6.20 Å². The Morgan fingerprint density at radius 3 is 2.11 bits per heavy atom. The molecule has 9 heteroatoms. The molecule has 1 aromatic heterocycles. The van der Waals surface area contributed by atoms with Crippen LogP contribution in [0.1, 0.15) is 0 Å². The van der Waals surface area contributed by atoms with E-state index in [0.29, 0.717) is 0 Å². The molecular weight excluding hydrogens is 266 g/mol. The summed E-state index contributed by atoms with van der Waals surface area (Å²) < 4.78 is 73.0. The molecule has 0 spiro atoms. The first kappa shape index (κ1) is 14.3. The van der Waals surface area contributed by atoms with Gasteiger partial charge >= 0.3 is 12.4 Å². The highest BCUT2D eigenvalue weighted by molar-refractivity contribution is 5.93. The van der Waals surface area contributed by atoms with Gasteiger partial charge in [-0.25, -0.2) is 0 Å². The molecule has 0 aromatic carbocycles. The molecule has 1 heterocycles. The van der Waals surface area contributed by atoms with Gasteiger partial charge in [0.25, 0.3) is 0 Å². The number of nitrogens with zero attached hydrogens (tertiary/aromatic N) is 1. The molecule has 0 radical (unpaired) electrons. The molecule has 3 nitrogen and oxygen atoms in total. The molecule has 0 unspecified atom stereocenters. The number of carbonyl (C=O) groups excluding carboxylic acids is 1. The highest BCUT2D eigenvalue weighted by Crippen LogP contribution is 2.39. The molecule has 1 amide bonds. The molecular formula is C9H6F6N2O. The lowest BCUT2D eigenvalue weighted by molar-refractivity contribution is -0.272. The molecule has 100 valence electrons. The van der Waals surface area contributed by atoms with E-state index in [2.05, 4.69) is 4.98 Å². The van der Waals surface area contributed by atoms with Gasteiger partial charge in [0.1, 0.15) is 0 Å². The fourth-order valence-corrected chi connectivity index (χ4v) is 1.13. The van der Waals surface area contributed by atoms with Crippen molar-refractivity contribution in [2.45, 2.75) is 12.4 Å². The minimum Gasteiger partial charge on any atom is -0.324 e. The third-order valence-corrected chi connectivity index (χ3v) is 1.85. The molecule has 0 aliphatic rings. The number of anilines is 1. The average Bonchev–Trinajstić information content (AvgIpc) is 2.13. The zero-order valence-electron chi connectivity index (χ0n) is 8.51. The first-order chi connectivity index (χ1) is 8.12. The number of pyridine rings is 1. The second-order valence-electron chi connectivity index (χ2n) is 3.25. The lowest BCUT2D eigenvalue weighted by atomic mass is 10.1. The number of amides is 1. The van der Waals surface area contributed by atoms with Gasteiger partial charge in [-0.1, -0.05) is 0 Å². The maximum atomic E-state index is 12.2. The number of nitrogens with one attached hydrogen (secondary N) is 1. The molecule has 0 bridgehead atoms. The van der Waals surface area contributed by atoms with Gasteiger partial charge in [-0.3, -0.25) is 9.78 Å².